The third kappa shape index (κ3) is 4.84. The van der Waals surface area contributed by atoms with Gasteiger partial charge in [0.15, 0.2) is 0 Å². The number of carboxylic acid groups (broad SMARTS) is 1. The fourth-order valence-electron chi connectivity index (χ4n) is 7.37. The van der Waals surface area contributed by atoms with Crippen LogP contribution in [-0.4, -0.2) is 89.1 Å². The van der Waals surface area contributed by atoms with Crippen LogP contribution in [0, 0.1) is 22.2 Å². The molecule has 3 fully saturated rings. The van der Waals surface area contributed by atoms with E-state index in [1.807, 2.05) is 25.7 Å². The molecule has 0 radical (unpaired) electrons. The van der Waals surface area contributed by atoms with Crippen molar-refractivity contribution in [1.82, 2.24) is 14.9 Å². The van der Waals surface area contributed by atoms with Crippen molar-refractivity contribution >= 4 is 40.1 Å². The number of anilines is 3. The summed E-state index contributed by atoms with van der Waals surface area (Å²) in [7, 11) is 1.53. The number of rotatable bonds is 6. The third-order valence-electron chi connectivity index (χ3n) is 9.66. The molecule has 0 spiro atoms. The summed E-state index contributed by atoms with van der Waals surface area (Å²) < 4.78 is 49.5. The number of benzene rings is 1. The van der Waals surface area contributed by atoms with E-state index in [-0.39, 0.29) is 18.8 Å². The molecule has 2 aromatic heterocycles. The van der Waals surface area contributed by atoms with Gasteiger partial charge in [-0.2, -0.15) is 18.4 Å². The van der Waals surface area contributed by atoms with E-state index in [0.717, 1.165) is 0 Å². The fourth-order valence-corrected chi connectivity index (χ4v) is 7.37. The van der Waals surface area contributed by atoms with Crippen LogP contribution in [0.25, 0.3) is 10.9 Å². The second-order valence-corrected chi connectivity index (χ2v) is 13.3. The molecule has 3 aromatic rings. The Morgan fingerprint density at radius 2 is 1.87 bits per heavy atom. The maximum Gasteiger partial charge on any atom is 0.408 e. The van der Waals surface area contributed by atoms with E-state index in [2.05, 4.69) is 21.4 Å². The highest BCUT2D eigenvalue weighted by Crippen LogP contribution is 2.75. The number of pyridine rings is 2. The Morgan fingerprint density at radius 1 is 1.11 bits per heavy atom. The summed E-state index contributed by atoms with van der Waals surface area (Å²) in [5, 5.41) is 22.6. The number of nitriles is 1. The van der Waals surface area contributed by atoms with Crippen LogP contribution in [0.3, 0.4) is 0 Å². The lowest BCUT2D eigenvalue weighted by Crippen LogP contribution is -2.55. The van der Waals surface area contributed by atoms with Gasteiger partial charge in [0.1, 0.15) is 17.3 Å². The van der Waals surface area contributed by atoms with E-state index in [9.17, 15) is 33.1 Å². The lowest BCUT2D eigenvalue weighted by Gasteiger charge is -2.39. The molecule has 2 saturated heterocycles. The zero-order chi connectivity index (χ0) is 33.2. The van der Waals surface area contributed by atoms with E-state index in [1.54, 1.807) is 29.2 Å². The van der Waals surface area contributed by atoms with Gasteiger partial charge in [-0.25, -0.2) is 9.78 Å². The first kappa shape index (κ1) is 31.3. The molecule has 2 N–H and O–H groups in total. The number of carbonyl (C=O) groups excluding carboxylic acids is 1. The lowest BCUT2D eigenvalue weighted by atomic mass is 9.94. The number of methoxy groups -OCH3 is 1. The van der Waals surface area contributed by atoms with E-state index in [4.69, 9.17) is 4.74 Å². The summed E-state index contributed by atoms with van der Waals surface area (Å²) in [6, 6.07) is 11.4. The van der Waals surface area contributed by atoms with Gasteiger partial charge in [0.05, 0.1) is 40.5 Å². The first-order valence-corrected chi connectivity index (χ1v) is 14.8. The molecule has 0 unspecified atom stereocenters. The normalized spacial score (nSPS) is 25.7. The number of hydrogen-bond donors (Lipinski definition) is 2. The molecule has 4 atom stereocenters. The predicted octanol–water partition coefficient (Wildman–Crippen LogP) is 4.88. The van der Waals surface area contributed by atoms with Gasteiger partial charge in [-0.3, -0.25) is 14.7 Å². The zero-order valence-electron chi connectivity index (χ0n) is 25.8. The largest absolute Gasteiger partial charge is 0.465 e. The quantitative estimate of drug-likeness (QED) is 0.388. The molecular weight excluding hydrogens is 603 g/mol. The second-order valence-electron chi connectivity index (χ2n) is 13.3. The molecule has 242 valence electrons. The summed E-state index contributed by atoms with van der Waals surface area (Å²) >= 11 is 0. The molecule has 11 nitrogen and oxygen atoms in total. The second kappa shape index (κ2) is 10.7. The van der Waals surface area contributed by atoms with Crippen molar-refractivity contribution in [2.45, 2.75) is 51.1 Å². The van der Waals surface area contributed by atoms with Crippen molar-refractivity contribution in [3.63, 3.8) is 0 Å². The number of fused-ring (bicyclic) bond motifs is 2. The molecule has 14 heteroatoms. The number of hydrogen-bond acceptors (Lipinski definition) is 8. The molecule has 3 aliphatic rings. The number of alkyl halides is 3. The molecule has 2 amide bonds. The number of piperidine rings is 1. The standard InChI is InChI=1S/C32H34F3N7O4/c1-29(2,3)42(28(44)45)23-14-40(15-24(23)46-4)20-8-10-25(38-13-20)39-27(43)30-16-31(30,32(33,34)35)18-41(17-30)22-9-7-19(12-36)26-21(22)6-5-11-37-26/h5-11,13,23-24H,14-18H2,1-4H3,(H,44,45)(H,38,39,43)/t23-,24-,30+,31+/m1/s1. The maximum atomic E-state index is 14.6. The molecule has 1 saturated carbocycles. The van der Waals surface area contributed by atoms with Gasteiger partial charge in [0.2, 0.25) is 5.91 Å². The van der Waals surface area contributed by atoms with Crippen molar-refractivity contribution in [2.24, 2.45) is 10.8 Å². The maximum absolute atomic E-state index is 14.6. The van der Waals surface area contributed by atoms with Gasteiger partial charge < -0.3 is 25.0 Å². The molecule has 2 aliphatic heterocycles. The van der Waals surface area contributed by atoms with Gasteiger partial charge in [0.25, 0.3) is 0 Å². The molecule has 1 aromatic carbocycles. The van der Waals surface area contributed by atoms with E-state index in [1.165, 1.54) is 36.5 Å². The van der Waals surface area contributed by atoms with Crippen LogP contribution in [0.15, 0.2) is 48.8 Å². The predicted molar refractivity (Wildman–Crippen MR) is 163 cm³/mol. The zero-order valence-corrected chi connectivity index (χ0v) is 25.8. The minimum Gasteiger partial charge on any atom is -0.465 e. The molecule has 1 aliphatic carbocycles. The Balaban J connectivity index is 1.21. The Bertz CT molecular complexity index is 1740. The average molecular weight is 638 g/mol. The summed E-state index contributed by atoms with van der Waals surface area (Å²) in [5.41, 5.74) is -2.76. The van der Waals surface area contributed by atoms with Gasteiger partial charge in [0, 0.05) is 56.1 Å². The summed E-state index contributed by atoms with van der Waals surface area (Å²) in [6.07, 6.45) is -3.39. The summed E-state index contributed by atoms with van der Waals surface area (Å²) in [6.45, 7) is 5.64. The molecule has 46 heavy (non-hydrogen) atoms. The first-order chi connectivity index (χ1) is 21.7. The minimum atomic E-state index is -4.63. The third-order valence-corrected chi connectivity index (χ3v) is 9.66. The Kier molecular flexibility index (Phi) is 7.31. The Hall–Kier alpha value is -4.64. The summed E-state index contributed by atoms with van der Waals surface area (Å²) in [5.74, 6) is -0.648. The molecular formula is C32H34F3N7O4. The Morgan fingerprint density at radius 3 is 2.48 bits per heavy atom. The number of ether oxygens (including phenoxy) is 1. The number of carbonyl (C=O) groups is 2. The van der Waals surface area contributed by atoms with Crippen LogP contribution in [0.5, 0.6) is 0 Å². The SMILES string of the molecule is CO[C@@H]1CN(c2ccc(NC(=O)[C@]34CN(c5ccc(C#N)c6ncccc56)C[C@@]3(C(F)(F)F)C4)nc2)C[C@H]1N(C(=O)O)C(C)(C)C. The first-order valence-electron chi connectivity index (χ1n) is 14.8. The number of nitrogens with one attached hydrogen (secondary N) is 1. The lowest BCUT2D eigenvalue weighted by molar-refractivity contribution is -0.191. The van der Waals surface area contributed by atoms with Gasteiger partial charge in [-0.05, 0) is 63.6 Å². The van der Waals surface area contributed by atoms with Crippen molar-refractivity contribution in [1.29, 1.82) is 5.26 Å². The van der Waals surface area contributed by atoms with Crippen LogP contribution in [-0.2, 0) is 9.53 Å². The number of aromatic nitrogens is 2. The van der Waals surface area contributed by atoms with Crippen LogP contribution in [0.1, 0.15) is 32.8 Å². The van der Waals surface area contributed by atoms with E-state index >= 15 is 0 Å². The summed E-state index contributed by atoms with van der Waals surface area (Å²) in [4.78, 5) is 39.2. The van der Waals surface area contributed by atoms with Crippen LogP contribution in [0.4, 0.5) is 35.2 Å². The van der Waals surface area contributed by atoms with Crippen molar-refractivity contribution in [3.05, 3.63) is 54.4 Å². The minimum absolute atomic E-state index is 0.110. The molecule has 4 heterocycles. The fraction of sp³-hybridized carbons (Fsp3) is 0.469. The number of nitrogens with zero attached hydrogens (tertiary/aromatic N) is 6. The van der Waals surface area contributed by atoms with E-state index in [0.29, 0.717) is 40.9 Å². The molecule has 0 bridgehead atoms. The van der Waals surface area contributed by atoms with Crippen molar-refractivity contribution < 1.29 is 32.6 Å². The highest BCUT2D eigenvalue weighted by Gasteiger charge is 2.86. The van der Waals surface area contributed by atoms with Gasteiger partial charge in [-0.1, -0.05) is 0 Å². The van der Waals surface area contributed by atoms with Crippen molar-refractivity contribution in [2.75, 3.05) is 48.4 Å². The van der Waals surface area contributed by atoms with Crippen LogP contribution in [0.2, 0.25) is 0 Å². The van der Waals surface area contributed by atoms with Crippen molar-refractivity contribution in [3.8, 4) is 6.07 Å². The van der Waals surface area contributed by atoms with Gasteiger partial charge in [-0.15, -0.1) is 0 Å². The van der Waals surface area contributed by atoms with Crippen LogP contribution < -0.4 is 15.1 Å². The Labute approximate surface area is 263 Å². The number of halogens is 3. The smallest absolute Gasteiger partial charge is 0.408 e. The topological polar surface area (TPSA) is 135 Å². The highest BCUT2D eigenvalue weighted by molar-refractivity contribution is 6.01. The van der Waals surface area contributed by atoms with Gasteiger partial charge >= 0.3 is 12.3 Å². The monoisotopic (exact) mass is 637 g/mol. The molecule has 6 rings (SSSR count). The highest BCUT2D eigenvalue weighted by atomic mass is 19.4. The average Bonchev–Trinajstić information content (AvgIpc) is 3.29. The van der Waals surface area contributed by atoms with Crippen LogP contribution >= 0.6 is 0 Å². The van der Waals surface area contributed by atoms with E-state index < -0.39 is 53.2 Å². The number of amides is 2.